The maximum Gasteiger partial charge on any atom is 0.227 e. The summed E-state index contributed by atoms with van der Waals surface area (Å²) in [6, 6.07) is 0. The van der Waals surface area contributed by atoms with Crippen molar-refractivity contribution in [3.05, 3.63) is 0 Å². The minimum atomic E-state index is 0.693. The molecule has 0 bridgehead atoms. The summed E-state index contributed by atoms with van der Waals surface area (Å²) in [6.07, 6.45) is 34.5. The van der Waals surface area contributed by atoms with Crippen LogP contribution in [0.3, 0.4) is 0 Å². The number of aromatic nitrogens is 3. The molecule has 1 heterocycles. The second-order valence-corrected chi connectivity index (χ2v) is 22.5. The van der Waals surface area contributed by atoms with E-state index in [4.69, 9.17) is 19.7 Å². The molecule has 0 saturated heterocycles. The molecule has 5 nitrogen and oxygen atoms in total. The van der Waals surface area contributed by atoms with Crippen LogP contribution in [-0.2, 0) is 4.74 Å². The molecule has 0 aromatic carbocycles. The van der Waals surface area contributed by atoms with Crippen LogP contribution in [0.15, 0.2) is 10.3 Å². The molecule has 336 valence electrons. The van der Waals surface area contributed by atoms with E-state index < -0.39 is 0 Å². The van der Waals surface area contributed by atoms with Gasteiger partial charge < -0.3 is 10.1 Å². The Morgan fingerprint density at radius 1 is 0.439 bits per heavy atom. The van der Waals surface area contributed by atoms with Crippen LogP contribution in [0.4, 0.5) is 5.95 Å². The average Bonchev–Trinajstić information content (AvgIpc) is 3.22. The first-order valence-corrected chi connectivity index (χ1v) is 30.5. The highest BCUT2D eigenvalue weighted by Gasteiger charge is 2.10. The number of anilines is 1. The molecule has 1 aromatic rings. The average molecular weight is 908 g/mol. The fraction of sp³-hybridized carbons (Fsp3) is 0.935. The molecule has 1 aromatic heterocycles. The minimum Gasteiger partial charge on any atom is -0.381 e. The van der Waals surface area contributed by atoms with Gasteiger partial charge in [-0.05, 0) is 43.1 Å². The summed E-state index contributed by atoms with van der Waals surface area (Å²) in [5.41, 5.74) is 0. The topological polar surface area (TPSA) is 59.9 Å². The Morgan fingerprint density at radius 3 is 1.28 bits per heavy atom. The van der Waals surface area contributed by atoms with E-state index >= 15 is 0 Å². The van der Waals surface area contributed by atoms with E-state index in [0.29, 0.717) is 5.92 Å². The van der Waals surface area contributed by atoms with Gasteiger partial charge in [0.2, 0.25) is 5.95 Å². The first kappa shape index (κ1) is 55.9. The highest BCUT2D eigenvalue weighted by molar-refractivity contribution is 8.05. The molecule has 0 fully saturated rings. The van der Waals surface area contributed by atoms with Crippen LogP contribution in [0.25, 0.3) is 0 Å². The van der Waals surface area contributed by atoms with Gasteiger partial charge in [-0.25, -0.2) is 0 Å². The van der Waals surface area contributed by atoms with Gasteiger partial charge in [-0.15, -0.1) is 0 Å². The molecule has 11 heteroatoms. The Labute approximate surface area is 380 Å². The third-order valence-corrected chi connectivity index (χ3v) is 17.0. The summed E-state index contributed by atoms with van der Waals surface area (Å²) in [5, 5.41) is 5.22. The summed E-state index contributed by atoms with van der Waals surface area (Å²) in [7, 11) is 0. The predicted octanol–water partition coefficient (Wildman–Crippen LogP) is 15.9. The van der Waals surface area contributed by atoms with Crippen LogP contribution < -0.4 is 5.32 Å². The molecule has 0 spiro atoms. The standard InChI is InChI=1S/C46H90N4OS6/c1-5-9-12-14-16-18-20-22-24-26-32-52-34-36-54-38-40-56-45-48-44(47-30-28-31-51-42-43(8-4)29-11-7-3)49-46(50-45)57-41-39-55-37-35-53-33-27-25-23-21-19-17-15-13-10-6-2/h43H,5-42H2,1-4H3,(H,47,48,49,50). The zero-order valence-corrected chi connectivity index (χ0v) is 42.5. The Kier molecular flexibility index (Phi) is 45.5. The molecule has 0 aliphatic carbocycles. The first-order chi connectivity index (χ1) is 28.2. The molecule has 0 aliphatic rings. The Balaban J connectivity index is 2.28. The van der Waals surface area contributed by atoms with Gasteiger partial charge in [0.25, 0.3) is 0 Å². The monoisotopic (exact) mass is 907 g/mol. The van der Waals surface area contributed by atoms with Crippen LogP contribution in [-0.4, -0.2) is 92.2 Å². The summed E-state index contributed by atoms with van der Waals surface area (Å²) >= 11 is 12.0. The third kappa shape index (κ3) is 39.5. The minimum absolute atomic E-state index is 0.693. The summed E-state index contributed by atoms with van der Waals surface area (Å²) in [4.78, 5) is 14.5. The lowest BCUT2D eigenvalue weighted by atomic mass is 10.0. The van der Waals surface area contributed by atoms with Crippen LogP contribution in [0.2, 0.25) is 0 Å². The third-order valence-electron chi connectivity index (χ3n) is 10.2. The number of ether oxygens (including phenoxy) is 1. The van der Waals surface area contributed by atoms with E-state index in [0.717, 1.165) is 65.5 Å². The Morgan fingerprint density at radius 2 is 0.842 bits per heavy atom. The SMILES string of the molecule is CCCCCCCCCCCCSCCSCCSc1nc(NCCCOCC(CC)CCCC)nc(SCCSCCSCCCCCCCCCCCC)n1. The lowest BCUT2D eigenvalue weighted by molar-refractivity contribution is 0.0937. The number of thioether (sulfide) groups is 6. The van der Waals surface area contributed by atoms with Gasteiger partial charge in [-0.1, -0.05) is 186 Å². The number of hydrogen-bond acceptors (Lipinski definition) is 11. The molecular formula is C46H90N4OS6. The van der Waals surface area contributed by atoms with Gasteiger partial charge >= 0.3 is 0 Å². The Bertz CT molecular complexity index is 896. The largest absolute Gasteiger partial charge is 0.381 e. The molecule has 1 N–H and O–H groups in total. The highest BCUT2D eigenvalue weighted by atomic mass is 32.2. The van der Waals surface area contributed by atoms with E-state index in [1.54, 1.807) is 23.5 Å². The lowest BCUT2D eigenvalue weighted by Gasteiger charge is -2.14. The quantitative estimate of drug-likeness (QED) is 0.0503. The molecule has 0 saturated carbocycles. The van der Waals surface area contributed by atoms with Crippen molar-refractivity contribution in [1.29, 1.82) is 0 Å². The van der Waals surface area contributed by atoms with Crippen LogP contribution >= 0.6 is 70.6 Å². The fourth-order valence-electron chi connectivity index (χ4n) is 6.48. The van der Waals surface area contributed by atoms with Gasteiger partial charge in [0.15, 0.2) is 10.3 Å². The lowest BCUT2D eigenvalue weighted by Crippen LogP contribution is -2.13. The molecule has 0 radical (unpaired) electrons. The number of rotatable bonds is 47. The number of nitrogens with one attached hydrogen (secondary N) is 1. The van der Waals surface area contributed by atoms with Crippen molar-refractivity contribution in [3.8, 4) is 0 Å². The Hall–Kier alpha value is 0.870. The molecule has 1 rings (SSSR count). The number of unbranched alkanes of at least 4 members (excludes halogenated alkanes) is 19. The smallest absolute Gasteiger partial charge is 0.227 e. The van der Waals surface area contributed by atoms with E-state index in [2.05, 4.69) is 80.1 Å². The zero-order chi connectivity index (χ0) is 41.0. The van der Waals surface area contributed by atoms with Crippen LogP contribution in [0, 0.1) is 5.92 Å². The van der Waals surface area contributed by atoms with Gasteiger partial charge in [0, 0.05) is 65.8 Å². The van der Waals surface area contributed by atoms with Crippen molar-refractivity contribution in [2.45, 2.75) is 199 Å². The normalized spacial score (nSPS) is 12.1. The van der Waals surface area contributed by atoms with E-state index in [1.165, 1.54) is 189 Å². The number of hydrogen-bond donors (Lipinski definition) is 1. The molecule has 1 atom stereocenters. The molecule has 0 amide bonds. The first-order valence-electron chi connectivity index (χ1n) is 23.9. The van der Waals surface area contributed by atoms with E-state index in [-0.39, 0.29) is 0 Å². The second kappa shape index (κ2) is 46.4. The van der Waals surface area contributed by atoms with Crippen molar-refractivity contribution in [1.82, 2.24) is 15.0 Å². The summed E-state index contributed by atoms with van der Waals surface area (Å²) in [5.74, 6) is 13.4. The molecule has 1 unspecified atom stereocenters. The van der Waals surface area contributed by atoms with Crippen molar-refractivity contribution in [2.75, 3.05) is 82.6 Å². The van der Waals surface area contributed by atoms with Crippen molar-refractivity contribution in [2.24, 2.45) is 5.92 Å². The van der Waals surface area contributed by atoms with Gasteiger partial charge in [-0.2, -0.15) is 62.0 Å². The van der Waals surface area contributed by atoms with Crippen molar-refractivity contribution < 1.29 is 4.74 Å². The summed E-state index contributed by atoms with van der Waals surface area (Å²) in [6.45, 7) is 11.6. The second-order valence-electron chi connectivity index (χ2n) is 15.5. The maximum absolute atomic E-state index is 6.05. The molecule has 0 aliphatic heterocycles. The fourth-order valence-corrected chi connectivity index (χ4v) is 12.6. The van der Waals surface area contributed by atoms with Crippen LogP contribution in [0.1, 0.15) is 188 Å². The maximum atomic E-state index is 6.05. The van der Waals surface area contributed by atoms with Crippen molar-refractivity contribution in [3.63, 3.8) is 0 Å². The van der Waals surface area contributed by atoms with Gasteiger partial charge in [-0.3, -0.25) is 0 Å². The summed E-state index contributed by atoms with van der Waals surface area (Å²) < 4.78 is 6.05. The van der Waals surface area contributed by atoms with Gasteiger partial charge in [0.05, 0.1) is 0 Å². The highest BCUT2D eigenvalue weighted by Crippen LogP contribution is 2.23. The van der Waals surface area contributed by atoms with E-state index in [9.17, 15) is 0 Å². The molecule has 57 heavy (non-hydrogen) atoms. The zero-order valence-electron chi connectivity index (χ0n) is 37.6. The molecular weight excluding hydrogens is 817 g/mol. The van der Waals surface area contributed by atoms with Gasteiger partial charge in [0.1, 0.15) is 0 Å². The number of nitrogens with zero attached hydrogens (tertiary/aromatic N) is 3. The van der Waals surface area contributed by atoms with Crippen LogP contribution in [0.5, 0.6) is 0 Å². The predicted molar refractivity (Wildman–Crippen MR) is 271 cm³/mol. The van der Waals surface area contributed by atoms with E-state index in [1.807, 2.05) is 0 Å². The van der Waals surface area contributed by atoms with Crippen molar-refractivity contribution >= 4 is 76.5 Å².